The maximum absolute atomic E-state index is 12.8. The molecule has 0 saturated carbocycles. The molecule has 0 aliphatic carbocycles. The first-order chi connectivity index (χ1) is 17.0. The topological polar surface area (TPSA) is 85.1 Å². The maximum Gasteiger partial charge on any atom is 0.410 e. The van der Waals surface area contributed by atoms with Gasteiger partial charge in [0.05, 0.1) is 18.9 Å². The van der Waals surface area contributed by atoms with Crippen LogP contribution < -0.4 is 9.64 Å². The summed E-state index contributed by atoms with van der Waals surface area (Å²) in [4.78, 5) is 26.0. The van der Waals surface area contributed by atoms with Crippen LogP contribution in [0.1, 0.15) is 46.5 Å². The number of methoxy groups -OCH3 is 1. The lowest BCUT2D eigenvalue weighted by Gasteiger charge is -2.35. The predicted octanol–water partition coefficient (Wildman–Crippen LogP) is 4.66. The fourth-order valence-electron chi connectivity index (χ4n) is 4.34. The minimum Gasteiger partial charge on any atom is -0.481 e. The Morgan fingerprint density at radius 2 is 1.89 bits per heavy atom. The molecule has 0 radical (unpaired) electrons. The molecule has 1 saturated heterocycles. The highest BCUT2D eigenvalue weighted by atomic mass is 16.6. The number of hydrogen-bond donors (Lipinski definition) is 0. The molecule has 0 spiro atoms. The van der Waals surface area contributed by atoms with Crippen LogP contribution in [0.5, 0.6) is 5.88 Å². The summed E-state index contributed by atoms with van der Waals surface area (Å²) in [5, 5.41) is 4.44. The van der Waals surface area contributed by atoms with Crippen molar-refractivity contribution in [2.24, 2.45) is 5.92 Å². The van der Waals surface area contributed by atoms with Crippen LogP contribution in [-0.4, -0.2) is 70.0 Å². The lowest BCUT2D eigenvalue weighted by Crippen LogP contribution is -2.49. The van der Waals surface area contributed by atoms with E-state index < -0.39 is 0 Å². The van der Waals surface area contributed by atoms with Crippen molar-refractivity contribution < 1.29 is 14.3 Å². The van der Waals surface area contributed by atoms with Gasteiger partial charge in [-0.05, 0) is 43.4 Å². The highest BCUT2D eigenvalue weighted by molar-refractivity contribution is 5.80. The molecule has 4 rings (SSSR count). The zero-order valence-corrected chi connectivity index (χ0v) is 21.2. The smallest absolute Gasteiger partial charge is 0.410 e. The quantitative estimate of drug-likeness (QED) is 0.440. The number of piperazine rings is 1. The second-order valence-electron chi connectivity index (χ2n) is 9.15. The Morgan fingerprint density at radius 1 is 1.09 bits per heavy atom. The number of nitrogens with zero attached hydrogens (tertiary/aromatic N) is 6. The van der Waals surface area contributed by atoms with Gasteiger partial charge in [-0.1, -0.05) is 27.2 Å². The molecule has 3 aromatic heterocycles. The van der Waals surface area contributed by atoms with E-state index in [0.29, 0.717) is 38.0 Å². The Bertz CT molecular complexity index is 1130. The lowest BCUT2D eigenvalue weighted by molar-refractivity contribution is 0.0530. The van der Waals surface area contributed by atoms with E-state index in [1.54, 1.807) is 24.0 Å². The van der Waals surface area contributed by atoms with Gasteiger partial charge in [-0.25, -0.2) is 19.3 Å². The van der Waals surface area contributed by atoms with Crippen LogP contribution in [0.25, 0.3) is 16.8 Å². The van der Waals surface area contributed by atoms with Gasteiger partial charge in [0.15, 0.2) is 5.65 Å². The van der Waals surface area contributed by atoms with Crippen LogP contribution in [0.3, 0.4) is 0 Å². The summed E-state index contributed by atoms with van der Waals surface area (Å²) in [6.45, 7) is 9.14. The normalized spacial score (nSPS) is 15.8. The molecule has 0 aromatic carbocycles. The molecule has 3 aromatic rings. The fourth-order valence-corrected chi connectivity index (χ4v) is 4.34. The molecule has 0 N–H and O–H groups in total. The lowest BCUT2D eigenvalue weighted by atomic mass is 10.00. The summed E-state index contributed by atoms with van der Waals surface area (Å²) in [6, 6.07) is 5.78. The van der Waals surface area contributed by atoms with Gasteiger partial charge in [-0.15, -0.1) is 0 Å². The van der Waals surface area contributed by atoms with E-state index in [4.69, 9.17) is 14.5 Å². The van der Waals surface area contributed by atoms with Crippen LogP contribution in [0.15, 0.2) is 36.8 Å². The van der Waals surface area contributed by atoms with Gasteiger partial charge in [-0.2, -0.15) is 5.10 Å². The summed E-state index contributed by atoms with van der Waals surface area (Å²) < 4.78 is 13.0. The molecule has 35 heavy (non-hydrogen) atoms. The molecular weight excluding hydrogens is 444 g/mol. The average molecular weight is 481 g/mol. The molecule has 2 unspecified atom stereocenters. The van der Waals surface area contributed by atoms with Crippen LogP contribution in [0.2, 0.25) is 0 Å². The SMILES string of the molecule is CCC(C)CCC(CC)OC(=O)N1CCN(c2ccn3ncc(-c4cccnc4OC)c3n2)CC1. The van der Waals surface area contributed by atoms with E-state index in [9.17, 15) is 4.79 Å². The van der Waals surface area contributed by atoms with Gasteiger partial charge >= 0.3 is 6.09 Å². The van der Waals surface area contributed by atoms with E-state index in [1.165, 1.54) is 0 Å². The van der Waals surface area contributed by atoms with E-state index in [2.05, 4.69) is 35.8 Å². The standard InChI is InChI=1S/C26H36N6O3/c1-5-19(3)9-10-20(6-2)35-26(33)31-16-14-30(15-17-31)23-11-13-32-24(29-23)22(18-28-32)21-8-7-12-27-25(21)34-4/h7-8,11-13,18-20H,5-6,9-10,14-17H2,1-4H3. The molecule has 9 nitrogen and oxygen atoms in total. The first kappa shape index (κ1) is 24.8. The van der Waals surface area contributed by atoms with Crippen molar-refractivity contribution in [2.75, 3.05) is 38.2 Å². The summed E-state index contributed by atoms with van der Waals surface area (Å²) in [7, 11) is 1.61. The van der Waals surface area contributed by atoms with E-state index in [0.717, 1.165) is 48.3 Å². The van der Waals surface area contributed by atoms with Crippen molar-refractivity contribution in [1.29, 1.82) is 0 Å². The van der Waals surface area contributed by atoms with Crippen molar-refractivity contribution in [3.63, 3.8) is 0 Å². The van der Waals surface area contributed by atoms with Crippen molar-refractivity contribution in [1.82, 2.24) is 24.5 Å². The van der Waals surface area contributed by atoms with Crippen molar-refractivity contribution in [2.45, 2.75) is 52.6 Å². The maximum atomic E-state index is 12.8. The van der Waals surface area contributed by atoms with Crippen molar-refractivity contribution in [3.05, 3.63) is 36.8 Å². The van der Waals surface area contributed by atoms with Gasteiger partial charge in [0.1, 0.15) is 11.9 Å². The average Bonchev–Trinajstić information content (AvgIpc) is 3.33. The minimum atomic E-state index is -0.203. The van der Waals surface area contributed by atoms with Crippen molar-refractivity contribution >= 4 is 17.6 Å². The number of carbonyl (C=O) groups is 1. The highest BCUT2D eigenvalue weighted by Gasteiger charge is 2.25. The molecule has 9 heteroatoms. The minimum absolute atomic E-state index is 0.0108. The van der Waals surface area contributed by atoms with E-state index in [-0.39, 0.29) is 12.2 Å². The Morgan fingerprint density at radius 3 is 2.60 bits per heavy atom. The molecule has 1 aliphatic rings. The molecule has 1 amide bonds. The molecule has 1 aliphatic heterocycles. The molecule has 4 heterocycles. The molecule has 188 valence electrons. The molecular formula is C26H36N6O3. The number of aromatic nitrogens is 4. The Kier molecular flexibility index (Phi) is 8.05. The van der Waals surface area contributed by atoms with Crippen LogP contribution in [0.4, 0.5) is 10.6 Å². The van der Waals surface area contributed by atoms with Crippen LogP contribution >= 0.6 is 0 Å². The number of fused-ring (bicyclic) bond motifs is 1. The molecule has 0 bridgehead atoms. The van der Waals surface area contributed by atoms with Crippen LogP contribution in [-0.2, 0) is 4.74 Å². The van der Waals surface area contributed by atoms with Gasteiger partial charge in [-0.3, -0.25) is 0 Å². The van der Waals surface area contributed by atoms with Gasteiger partial charge in [0, 0.05) is 44.1 Å². The third kappa shape index (κ3) is 5.66. The number of pyridine rings is 1. The van der Waals surface area contributed by atoms with Gasteiger partial charge < -0.3 is 19.3 Å². The Balaban J connectivity index is 1.40. The molecule has 1 fully saturated rings. The number of rotatable bonds is 9. The highest BCUT2D eigenvalue weighted by Crippen LogP contribution is 2.31. The largest absolute Gasteiger partial charge is 0.481 e. The van der Waals surface area contributed by atoms with Gasteiger partial charge in [0.2, 0.25) is 5.88 Å². The number of amides is 1. The van der Waals surface area contributed by atoms with Gasteiger partial charge in [0.25, 0.3) is 0 Å². The number of anilines is 1. The van der Waals surface area contributed by atoms with E-state index >= 15 is 0 Å². The summed E-state index contributed by atoms with van der Waals surface area (Å²) >= 11 is 0. The summed E-state index contributed by atoms with van der Waals surface area (Å²) in [5.41, 5.74) is 2.45. The summed E-state index contributed by atoms with van der Waals surface area (Å²) in [6.07, 6.45) is 9.20. The monoisotopic (exact) mass is 480 g/mol. The second-order valence-corrected chi connectivity index (χ2v) is 9.15. The Hall–Kier alpha value is -3.36. The molecule has 2 atom stereocenters. The number of ether oxygens (including phenoxy) is 2. The third-order valence-electron chi connectivity index (χ3n) is 6.87. The number of hydrogen-bond acceptors (Lipinski definition) is 7. The predicted molar refractivity (Wildman–Crippen MR) is 136 cm³/mol. The first-order valence-corrected chi connectivity index (χ1v) is 12.6. The zero-order valence-electron chi connectivity index (χ0n) is 21.2. The second kappa shape index (κ2) is 11.4. The summed E-state index contributed by atoms with van der Waals surface area (Å²) in [5.74, 6) is 2.05. The fraction of sp³-hybridized carbons (Fsp3) is 0.538. The van der Waals surface area contributed by atoms with E-state index in [1.807, 2.05) is 29.3 Å². The zero-order chi connectivity index (χ0) is 24.8. The van der Waals surface area contributed by atoms with Crippen LogP contribution in [0, 0.1) is 5.92 Å². The first-order valence-electron chi connectivity index (χ1n) is 12.6. The number of carbonyl (C=O) groups excluding carboxylic acids is 1. The Labute approximate surface area is 207 Å². The van der Waals surface area contributed by atoms with Crippen molar-refractivity contribution in [3.8, 4) is 17.0 Å². The third-order valence-corrected chi connectivity index (χ3v) is 6.87.